The van der Waals surface area contributed by atoms with Crippen molar-refractivity contribution in [2.24, 2.45) is 0 Å². The van der Waals surface area contributed by atoms with Crippen molar-refractivity contribution in [3.05, 3.63) is 70.3 Å². The second-order valence-corrected chi connectivity index (χ2v) is 6.19. The van der Waals surface area contributed by atoms with E-state index in [4.69, 9.17) is 4.74 Å². The van der Waals surface area contributed by atoms with Gasteiger partial charge >= 0.3 is 0 Å². The molecule has 0 bridgehead atoms. The first-order chi connectivity index (χ1) is 13.9. The summed E-state index contributed by atoms with van der Waals surface area (Å²) >= 11 is 0. The van der Waals surface area contributed by atoms with Crippen LogP contribution < -0.4 is 10.1 Å². The number of hydrogen-bond acceptors (Lipinski definition) is 5. The summed E-state index contributed by atoms with van der Waals surface area (Å²) in [4.78, 5) is 36.7. The fourth-order valence-corrected chi connectivity index (χ4v) is 2.66. The normalized spacial score (nSPS) is 10.6. The summed E-state index contributed by atoms with van der Waals surface area (Å²) in [6, 6.07) is 13.0. The van der Waals surface area contributed by atoms with Crippen LogP contribution >= 0.6 is 0 Å². The van der Waals surface area contributed by atoms with E-state index in [9.17, 15) is 19.7 Å². The first-order valence-corrected chi connectivity index (χ1v) is 9.09. The lowest BCUT2D eigenvalue weighted by Gasteiger charge is -2.20. The van der Waals surface area contributed by atoms with Gasteiger partial charge in [0.25, 0.3) is 5.69 Å². The molecule has 0 aliphatic carbocycles. The lowest BCUT2D eigenvalue weighted by Crippen LogP contribution is -2.37. The van der Waals surface area contributed by atoms with Crippen LogP contribution in [0.2, 0.25) is 0 Å². The van der Waals surface area contributed by atoms with Crippen molar-refractivity contribution in [1.82, 2.24) is 4.90 Å². The van der Waals surface area contributed by atoms with Crippen LogP contribution in [0.3, 0.4) is 0 Å². The Morgan fingerprint density at radius 2 is 1.97 bits per heavy atom. The number of nitrogens with one attached hydrogen (secondary N) is 1. The number of benzene rings is 2. The van der Waals surface area contributed by atoms with Gasteiger partial charge < -0.3 is 15.0 Å². The van der Waals surface area contributed by atoms with E-state index in [0.29, 0.717) is 30.0 Å². The Balaban J connectivity index is 2.06. The zero-order valence-electron chi connectivity index (χ0n) is 16.3. The van der Waals surface area contributed by atoms with Crippen molar-refractivity contribution in [3.8, 4) is 5.75 Å². The summed E-state index contributed by atoms with van der Waals surface area (Å²) in [5, 5.41) is 13.6. The number of carbonyl (C=O) groups is 2. The number of para-hydroxylation sites is 2. The topological polar surface area (TPSA) is 102 Å². The fraction of sp³-hybridized carbons (Fsp3) is 0.238. The molecule has 152 valence electrons. The summed E-state index contributed by atoms with van der Waals surface area (Å²) in [5.74, 6) is -0.173. The molecule has 0 heterocycles. The number of nitrogens with zero attached hydrogens (tertiary/aromatic N) is 2. The smallest absolute Gasteiger partial charge is 0.270 e. The third-order valence-corrected chi connectivity index (χ3v) is 4.02. The zero-order valence-corrected chi connectivity index (χ0v) is 16.3. The number of nitro benzene ring substituents is 1. The number of hydrogen-bond donors (Lipinski definition) is 1. The average Bonchev–Trinajstić information content (AvgIpc) is 2.72. The predicted octanol–water partition coefficient (Wildman–Crippen LogP) is 3.49. The van der Waals surface area contributed by atoms with Crippen LogP contribution in [-0.2, 0) is 9.59 Å². The van der Waals surface area contributed by atoms with E-state index in [1.165, 1.54) is 36.3 Å². The van der Waals surface area contributed by atoms with Gasteiger partial charge in [-0.15, -0.1) is 0 Å². The van der Waals surface area contributed by atoms with Crippen LogP contribution in [0.1, 0.15) is 18.9 Å². The number of amides is 2. The molecule has 2 aromatic carbocycles. The monoisotopic (exact) mass is 397 g/mol. The van der Waals surface area contributed by atoms with Gasteiger partial charge in [-0.3, -0.25) is 19.7 Å². The van der Waals surface area contributed by atoms with Gasteiger partial charge in [0.15, 0.2) is 0 Å². The minimum Gasteiger partial charge on any atom is -0.495 e. The predicted molar refractivity (Wildman–Crippen MR) is 111 cm³/mol. The Hall–Kier alpha value is -3.68. The van der Waals surface area contributed by atoms with Gasteiger partial charge in [-0.1, -0.05) is 31.2 Å². The highest BCUT2D eigenvalue weighted by atomic mass is 16.6. The molecule has 8 nitrogen and oxygen atoms in total. The van der Waals surface area contributed by atoms with E-state index in [1.807, 2.05) is 6.92 Å². The molecule has 2 rings (SSSR count). The molecular weight excluding hydrogens is 374 g/mol. The van der Waals surface area contributed by atoms with Crippen molar-refractivity contribution in [2.75, 3.05) is 25.5 Å². The van der Waals surface area contributed by atoms with Crippen LogP contribution in [0.15, 0.2) is 54.6 Å². The summed E-state index contributed by atoms with van der Waals surface area (Å²) in [7, 11) is 1.51. The van der Waals surface area contributed by atoms with Gasteiger partial charge in [-0.2, -0.15) is 0 Å². The van der Waals surface area contributed by atoms with E-state index in [2.05, 4.69) is 5.32 Å². The van der Waals surface area contributed by atoms with E-state index < -0.39 is 4.92 Å². The number of methoxy groups -OCH3 is 1. The van der Waals surface area contributed by atoms with Gasteiger partial charge in [0.05, 0.1) is 17.7 Å². The minimum atomic E-state index is -0.495. The summed E-state index contributed by atoms with van der Waals surface area (Å²) < 4.78 is 5.21. The molecule has 0 fully saturated rings. The molecule has 0 atom stereocenters. The average molecular weight is 397 g/mol. The van der Waals surface area contributed by atoms with Gasteiger partial charge in [0.2, 0.25) is 11.8 Å². The molecule has 0 saturated carbocycles. The van der Waals surface area contributed by atoms with Crippen molar-refractivity contribution in [1.29, 1.82) is 0 Å². The highest BCUT2D eigenvalue weighted by Gasteiger charge is 2.15. The molecule has 0 saturated heterocycles. The number of non-ortho nitro benzene ring substituents is 1. The van der Waals surface area contributed by atoms with Crippen molar-refractivity contribution < 1.29 is 19.2 Å². The minimum absolute atomic E-state index is 0.0544. The van der Waals surface area contributed by atoms with Crippen LogP contribution in [-0.4, -0.2) is 41.8 Å². The highest BCUT2D eigenvalue weighted by molar-refractivity contribution is 5.98. The molecule has 0 spiro atoms. The van der Waals surface area contributed by atoms with Gasteiger partial charge in [-0.25, -0.2) is 0 Å². The van der Waals surface area contributed by atoms with Crippen molar-refractivity contribution in [3.63, 3.8) is 0 Å². The SMILES string of the molecule is CCCN(CC(=O)Nc1ccccc1OC)C(=O)/C=C/c1cccc([N+](=O)[O-])c1. The Bertz CT molecular complexity index is 911. The molecule has 0 unspecified atom stereocenters. The van der Waals surface area contributed by atoms with Crippen molar-refractivity contribution in [2.45, 2.75) is 13.3 Å². The maximum atomic E-state index is 12.5. The van der Waals surface area contributed by atoms with Crippen LogP contribution in [0, 0.1) is 10.1 Å². The van der Waals surface area contributed by atoms with Gasteiger partial charge in [0, 0.05) is 24.8 Å². The Morgan fingerprint density at radius 1 is 1.21 bits per heavy atom. The molecule has 2 aromatic rings. The maximum Gasteiger partial charge on any atom is 0.270 e. The lowest BCUT2D eigenvalue weighted by atomic mass is 10.2. The van der Waals surface area contributed by atoms with E-state index in [-0.39, 0.29) is 24.0 Å². The van der Waals surface area contributed by atoms with Gasteiger partial charge in [-0.05, 0) is 30.2 Å². The van der Waals surface area contributed by atoms with E-state index in [1.54, 1.807) is 36.4 Å². The molecule has 1 N–H and O–H groups in total. The third-order valence-electron chi connectivity index (χ3n) is 4.02. The molecule has 0 aromatic heterocycles. The lowest BCUT2D eigenvalue weighted by molar-refractivity contribution is -0.384. The van der Waals surface area contributed by atoms with E-state index in [0.717, 1.165) is 0 Å². The van der Waals surface area contributed by atoms with Crippen molar-refractivity contribution >= 4 is 29.3 Å². The molecule has 2 amide bonds. The van der Waals surface area contributed by atoms with Crippen LogP contribution in [0.5, 0.6) is 5.75 Å². The first kappa shape index (κ1) is 21.6. The van der Waals surface area contributed by atoms with Gasteiger partial charge in [0.1, 0.15) is 12.3 Å². The Labute approximate surface area is 168 Å². The number of ether oxygens (including phenoxy) is 1. The maximum absolute atomic E-state index is 12.5. The molecule has 0 radical (unpaired) electrons. The standard InChI is InChI=1S/C21H23N3O5/c1-3-13-23(15-20(25)22-18-9-4-5-10-19(18)29-2)21(26)12-11-16-7-6-8-17(14-16)24(27)28/h4-12,14H,3,13,15H2,1-2H3,(H,22,25)/b12-11+. The second-order valence-electron chi connectivity index (χ2n) is 6.19. The number of nitro groups is 1. The summed E-state index contributed by atoms with van der Waals surface area (Å²) in [5.41, 5.74) is 1.000. The Morgan fingerprint density at radius 3 is 2.66 bits per heavy atom. The fourth-order valence-electron chi connectivity index (χ4n) is 2.66. The molecule has 0 aliphatic rings. The highest BCUT2D eigenvalue weighted by Crippen LogP contribution is 2.22. The zero-order chi connectivity index (χ0) is 21.2. The van der Waals surface area contributed by atoms with Crippen LogP contribution in [0.4, 0.5) is 11.4 Å². The molecule has 8 heteroatoms. The molecule has 29 heavy (non-hydrogen) atoms. The number of anilines is 1. The second kappa shape index (κ2) is 10.6. The van der Waals surface area contributed by atoms with Crippen LogP contribution in [0.25, 0.3) is 6.08 Å². The molecular formula is C21H23N3O5. The largest absolute Gasteiger partial charge is 0.495 e. The Kier molecular flexibility index (Phi) is 7.90. The van der Waals surface area contributed by atoms with E-state index >= 15 is 0 Å². The number of rotatable bonds is 9. The third kappa shape index (κ3) is 6.46. The summed E-state index contributed by atoms with van der Waals surface area (Å²) in [6.45, 7) is 2.18. The first-order valence-electron chi connectivity index (χ1n) is 9.09. The quantitative estimate of drug-likeness (QED) is 0.396. The summed E-state index contributed by atoms with van der Waals surface area (Å²) in [6.07, 6.45) is 3.49. The number of carbonyl (C=O) groups excluding carboxylic acids is 2. The molecule has 0 aliphatic heterocycles.